The minimum atomic E-state index is -0.357. The van der Waals surface area contributed by atoms with E-state index >= 15 is 0 Å². The van der Waals surface area contributed by atoms with Gasteiger partial charge in [-0.25, -0.2) is 0 Å². The van der Waals surface area contributed by atoms with Crippen LogP contribution in [0.1, 0.15) is 95.8 Å². The molecular formula is C29H43NO4. The molecule has 0 aromatic heterocycles. The van der Waals surface area contributed by atoms with Crippen molar-refractivity contribution in [3.05, 3.63) is 53.1 Å². The van der Waals surface area contributed by atoms with Crippen molar-refractivity contribution in [1.29, 1.82) is 0 Å². The van der Waals surface area contributed by atoms with Crippen molar-refractivity contribution < 1.29 is 19.7 Å². The van der Waals surface area contributed by atoms with E-state index in [0.29, 0.717) is 18.6 Å². The molecule has 0 bridgehead atoms. The van der Waals surface area contributed by atoms with Gasteiger partial charge in [0, 0.05) is 18.2 Å². The van der Waals surface area contributed by atoms with Crippen LogP contribution >= 0.6 is 0 Å². The zero-order valence-corrected chi connectivity index (χ0v) is 21.8. The van der Waals surface area contributed by atoms with Gasteiger partial charge in [0.05, 0.1) is 13.2 Å². The van der Waals surface area contributed by atoms with Gasteiger partial charge in [0.15, 0.2) is 0 Å². The number of benzene rings is 2. The third kappa shape index (κ3) is 8.35. The molecule has 0 fully saturated rings. The summed E-state index contributed by atoms with van der Waals surface area (Å²) >= 11 is 0. The van der Waals surface area contributed by atoms with Gasteiger partial charge in [-0.1, -0.05) is 65.2 Å². The fourth-order valence-electron chi connectivity index (χ4n) is 4.35. The number of methoxy groups -OCH3 is 1. The number of aliphatic hydroxyl groups is 1. The summed E-state index contributed by atoms with van der Waals surface area (Å²) in [5.74, 6) is 0.736. The number of ether oxygens (including phenoxy) is 1. The number of aliphatic hydroxyl groups excluding tert-OH is 1. The van der Waals surface area contributed by atoms with Crippen LogP contribution in [-0.4, -0.2) is 29.3 Å². The summed E-state index contributed by atoms with van der Waals surface area (Å²) in [4.78, 5) is 13.3. The largest absolute Gasteiger partial charge is 0.508 e. The van der Waals surface area contributed by atoms with E-state index in [2.05, 4.69) is 45.1 Å². The predicted octanol–water partition coefficient (Wildman–Crippen LogP) is 6.70. The van der Waals surface area contributed by atoms with Gasteiger partial charge in [0.25, 0.3) is 0 Å². The molecule has 1 amide bonds. The molecule has 34 heavy (non-hydrogen) atoms. The van der Waals surface area contributed by atoms with Gasteiger partial charge >= 0.3 is 0 Å². The third-order valence-electron chi connectivity index (χ3n) is 6.26. The molecule has 0 saturated carbocycles. The van der Waals surface area contributed by atoms with E-state index in [-0.39, 0.29) is 29.1 Å². The summed E-state index contributed by atoms with van der Waals surface area (Å²) < 4.78 is 5.53. The molecule has 2 unspecified atom stereocenters. The maximum Gasteiger partial charge on any atom is 0.224 e. The average molecular weight is 470 g/mol. The van der Waals surface area contributed by atoms with E-state index in [0.717, 1.165) is 54.5 Å². The van der Waals surface area contributed by atoms with E-state index < -0.39 is 0 Å². The normalized spacial score (nSPS) is 13.4. The van der Waals surface area contributed by atoms with Crippen LogP contribution in [0, 0.1) is 0 Å². The number of hydrogen-bond acceptors (Lipinski definition) is 4. The molecule has 188 valence electrons. The van der Waals surface area contributed by atoms with Crippen LogP contribution in [0.3, 0.4) is 0 Å². The van der Waals surface area contributed by atoms with E-state index in [1.165, 1.54) is 0 Å². The van der Waals surface area contributed by atoms with Crippen LogP contribution in [0.15, 0.2) is 36.4 Å². The Kier molecular flexibility index (Phi) is 10.4. The first-order chi connectivity index (χ1) is 16.0. The molecule has 0 aliphatic rings. The first-order valence-electron chi connectivity index (χ1n) is 12.5. The Morgan fingerprint density at radius 1 is 1.09 bits per heavy atom. The van der Waals surface area contributed by atoms with Crippen LogP contribution in [0.25, 0.3) is 0 Å². The Labute approximate surface area is 205 Å². The first-order valence-corrected chi connectivity index (χ1v) is 12.5. The van der Waals surface area contributed by atoms with Gasteiger partial charge in [0.2, 0.25) is 5.91 Å². The van der Waals surface area contributed by atoms with Gasteiger partial charge in [-0.05, 0) is 66.3 Å². The van der Waals surface area contributed by atoms with Crippen LogP contribution in [0.4, 0.5) is 5.69 Å². The van der Waals surface area contributed by atoms with Gasteiger partial charge < -0.3 is 20.3 Å². The first kappa shape index (κ1) is 27.7. The number of rotatable bonds is 12. The van der Waals surface area contributed by atoms with Gasteiger partial charge in [0.1, 0.15) is 11.5 Å². The minimum Gasteiger partial charge on any atom is -0.508 e. The molecule has 2 rings (SSSR count). The number of amides is 1. The number of phenolic OH excluding ortho intramolecular Hbond substituents is 1. The summed E-state index contributed by atoms with van der Waals surface area (Å²) in [6, 6.07) is 11.4. The lowest BCUT2D eigenvalue weighted by Crippen LogP contribution is -2.21. The Balaban J connectivity index is 2.29. The SMILES string of the molecule is CCCCCC(CC(=O)Nc1cc(CCC(C)O)ccc1C(C)(C)C)c1ccc(O)cc1OC. The molecular weight excluding hydrogens is 426 g/mol. The number of phenols is 1. The Bertz CT molecular complexity index is 930. The molecule has 0 heterocycles. The Morgan fingerprint density at radius 2 is 1.82 bits per heavy atom. The Morgan fingerprint density at radius 3 is 2.44 bits per heavy atom. The van der Waals surface area contributed by atoms with Crippen LogP contribution < -0.4 is 10.1 Å². The molecule has 0 spiro atoms. The van der Waals surface area contributed by atoms with Crippen molar-refractivity contribution in [2.24, 2.45) is 0 Å². The highest BCUT2D eigenvalue weighted by molar-refractivity contribution is 5.92. The number of unbranched alkanes of at least 4 members (excludes halogenated alkanes) is 2. The quantitative estimate of drug-likeness (QED) is 0.302. The molecule has 2 aromatic rings. The summed E-state index contributed by atoms with van der Waals surface area (Å²) in [7, 11) is 1.59. The van der Waals surface area contributed by atoms with Crippen LogP contribution in [0.2, 0.25) is 0 Å². The molecule has 3 N–H and O–H groups in total. The second-order valence-corrected chi connectivity index (χ2v) is 10.4. The number of anilines is 1. The minimum absolute atomic E-state index is 0.00129. The van der Waals surface area contributed by atoms with E-state index in [4.69, 9.17) is 4.74 Å². The summed E-state index contributed by atoms with van der Waals surface area (Å²) in [6.45, 7) is 10.4. The lowest BCUT2D eigenvalue weighted by atomic mass is 9.84. The molecule has 0 aliphatic carbocycles. The highest BCUT2D eigenvalue weighted by Gasteiger charge is 2.23. The number of carbonyl (C=O) groups is 1. The second kappa shape index (κ2) is 12.8. The fourth-order valence-corrected chi connectivity index (χ4v) is 4.35. The standard InChI is InChI=1S/C29H43NO4/c1-7-8-9-10-22(24-15-14-23(32)19-27(24)34-6)18-28(33)30-26-17-21(12-11-20(2)31)13-16-25(26)29(3,4)5/h13-17,19-20,22,31-32H,7-12,18H2,1-6H3,(H,30,33). The highest BCUT2D eigenvalue weighted by atomic mass is 16.5. The highest BCUT2D eigenvalue weighted by Crippen LogP contribution is 2.36. The van der Waals surface area contributed by atoms with Crippen molar-refractivity contribution in [3.63, 3.8) is 0 Å². The van der Waals surface area contributed by atoms with E-state index in [1.54, 1.807) is 26.2 Å². The topological polar surface area (TPSA) is 78.8 Å². The van der Waals surface area contributed by atoms with Crippen LogP contribution in [-0.2, 0) is 16.6 Å². The molecule has 2 aromatic carbocycles. The summed E-state index contributed by atoms with van der Waals surface area (Å²) in [5.41, 5.74) is 3.86. The predicted molar refractivity (Wildman–Crippen MR) is 140 cm³/mol. The number of carbonyl (C=O) groups excluding carboxylic acids is 1. The number of nitrogens with one attached hydrogen (secondary N) is 1. The zero-order valence-electron chi connectivity index (χ0n) is 21.8. The maximum atomic E-state index is 13.3. The van der Waals surface area contributed by atoms with Crippen molar-refractivity contribution >= 4 is 11.6 Å². The lowest BCUT2D eigenvalue weighted by Gasteiger charge is -2.25. The van der Waals surface area contributed by atoms with Crippen molar-refractivity contribution in [2.45, 2.75) is 97.0 Å². The maximum absolute atomic E-state index is 13.3. The average Bonchev–Trinajstić information content (AvgIpc) is 2.76. The lowest BCUT2D eigenvalue weighted by molar-refractivity contribution is -0.116. The van der Waals surface area contributed by atoms with Gasteiger partial charge in [-0.15, -0.1) is 0 Å². The fraction of sp³-hybridized carbons (Fsp3) is 0.552. The zero-order chi connectivity index (χ0) is 25.3. The molecule has 0 aliphatic heterocycles. The number of hydrogen-bond donors (Lipinski definition) is 3. The number of aromatic hydroxyl groups is 1. The smallest absolute Gasteiger partial charge is 0.224 e. The molecule has 2 atom stereocenters. The molecule has 0 radical (unpaired) electrons. The van der Waals surface area contributed by atoms with Crippen LogP contribution in [0.5, 0.6) is 11.5 Å². The van der Waals surface area contributed by atoms with Crippen molar-refractivity contribution in [1.82, 2.24) is 0 Å². The number of aryl methyl sites for hydroxylation is 1. The molecule has 5 nitrogen and oxygen atoms in total. The van der Waals surface area contributed by atoms with Crippen molar-refractivity contribution in [2.75, 3.05) is 12.4 Å². The van der Waals surface area contributed by atoms with Gasteiger partial charge in [-0.2, -0.15) is 0 Å². The Hall–Kier alpha value is -2.53. The monoisotopic (exact) mass is 469 g/mol. The molecule has 0 saturated heterocycles. The third-order valence-corrected chi connectivity index (χ3v) is 6.26. The van der Waals surface area contributed by atoms with E-state index in [9.17, 15) is 15.0 Å². The second-order valence-electron chi connectivity index (χ2n) is 10.4. The molecule has 5 heteroatoms. The summed E-state index contributed by atoms with van der Waals surface area (Å²) in [5, 5.41) is 22.7. The van der Waals surface area contributed by atoms with Gasteiger partial charge in [-0.3, -0.25) is 4.79 Å². The van der Waals surface area contributed by atoms with E-state index in [1.807, 2.05) is 12.1 Å². The summed E-state index contributed by atoms with van der Waals surface area (Å²) in [6.07, 6.45) is 5.55. The van der Waals surface area contributed by atoms with Crippen molar-refractivity contribution in [3.8, 4) is 11.5 Å².